The highest BCUT2D eigenvalue weighted by Crippen LogP contribution is 2.74. The van der Waals surface area contributed by atoms with Gasteiger partial charge in [-0.15, -0.1) is 0 Å². The first-order chi connectivity index (χ1) is 20.9. The Morgan fingerprint density at radius 3 is 2.30 bits per heavy atom. The number of aliphatic hydroxyl groups is 3. The van der Waals surface area contributed by atoms with E-state index in [1.54, 1.807) is 37.3 Å². The molecular weight excluding hydrogens is 568 g/mol. The summed E-state index contributed by atoms with van der Waals surface area (Å²) in [4.78, 5) is 27.6. The van der Waals surface area contributed by atoms with Gasteiger partial charge >= 0.3 is 11.9 Å². The molecule has 3 aliphatic carbocycles. The van der Waals surface area contributed by atoms with E-state index in [1.807, 2.05) is 57.2 Å². The van der Waals surface area contributed by atoms with Gasteiger partial charge in [-0.3, -0.25) is 4.79 Å². The maximum atomic E-state index is 13.8. The lowest BCUT2D eigenvalue weighted by Gasteiger charge is -2.61. The van der Waals surface area contributed by atoms with Crippen LogP contribution in [0.25, 0.3) is 0 Å². The predicted molar refractivity (Wildman–Crippen MR) is 152 cm³/mol. The summed E-state index contributed by atoms with van der Waals surface area (Å²) >= 11 is 0. The first kappa shape index (κ1) is 28.5. The summed E-state index contributed by atoms with van der Waals surface area (Å²) in [6, 6.07) is 17.8. The second-order valence-corrected chi connectivity index (χ2v) is 13.6. The maximum absolute atomic E-state index is 13.8. The predicted octanol–water partition coefficient (Wildman–Crippen LogP) is 2.25. The van der Waals surface area contributed by atoms with Gasteiger partial charge in [0.25, 0.3) is 0 Å². The number of rotatable bonds is 5. The Morgan fingerprint density at radius 2 is 1.66 bits per heavy atom. The van der Waals surface area contributed by atoms with Crippen molar-refractivity contribution >= 4 is 11.8 Å². The van der Waals surface area contributed by atoms with Gasteiger partial charge in [0.15, 0.2) is 11.4 Å². The van der Waals surface area contributed by atoms with Crippen LogP contribution in [0, 0.1) is 23.7 Å². The van der Waals surface area contributed by atoms with Crippen LogP contribution in [0.2, 0.25) is 0 Å². The molecule has 2 aromatic carbocycles. The second-order valence-electron chi connectivity index (χ2n) is 13.6. The third kappa shape index (κ3) is 3.05. The SMILES string of the molecule is CC1=CC2C34O[C@]5(c6ccccc6)OC(C3[C@@H]3O[C@]3(CO)[C@@H](O)[C@]2(O)C1=O)[C@@](C(C)C)(O5)[C@H](OC(=O)c1ccccc1)[C@H]4C. The highest BCUT2D eigenvalue weighted by molar-refractivity contribution is 6.05. The summed E-state index contributed by atoms with van der Waals surface area (Å²) in [6.07, 6.45) is -2.80. The number of ketones is 1. The van der Waals surface area contributed by atoms with E-state index in [-0.39, 0.29) is 11.5 Å². The molecule has 44 heavy (non-hydrogen) atoms. The van der Waals surface area contributed by atoms with Gasteiger partial charge in [0, 0.05) is 23.3 Å². The highest BCUT2D eigenvalue weighted by atomic mass is 16.9. The molecule has 12 atom stereocenters. The van der Waals surface area contributed by atoms with Crippen LogP contribution in [0.1, 0.15) is 43.6 Å². The number of hydrogen-bond acceptors (Lipinski definition) is 10. The molecule has 2 saturated carbocycles. The average molecular weight is 605 g/mol. The molecule has 2 aromatic rings. The quantitative estimate of drug-likeness (QED) is 0.343. The molecule has 10 nitrogen and oxygen atoms in total. The Balaban J connectivity index is 1.40. The number of esters is 1. The molecule has 0 spiro atoms. The van der Waals surface area contributed by atoms with Gasteiger partial charge in [0.2, 0.25) is 0 Å². The van der Waals surface area contributed by atoms with Crippen molar-refractivity contribution in [3.05, 3.63) is 83.4 Å². The van der Waals surface area contributed by atoms with E-state index in [2.05, 4.69) is 0 Å². The minimum absolute atomic E-state index is 0.250. The fourth-order valence-corrected chi connectivity index (χ4v) is 9.32. The van der Waals surface area contributed by atoms with Crippen LogP contribution >= 0.6 is 0 Å². The number of carbonyl (C=O) groups is 2. The molecule has 8 rings (SSSR count). The lowest BCUT2D eigenvalue weighted by Crippen LogP contribution is -2.77. The molecule has 10 heteroatoms. The third-order valence-electron chi connectivity index (χ3n) is 11.4. The zero-order valence-electron chi connectivity index (χ0n) is 24.9. The van der Waals surface area contributed by atoms with Crippen LogP contribution in [-0.4, -0.2) is 80.5 Å². The van der Waals surface area contributed by atoms with Crippen LogP contribution in [0.3, 0.4) is 0 Å². The number of aliphatic hydroxyl groups excluding tert-OH is 2. The molecule has 3 heterocycles. The van der Waals surface area contributed by atoms with Gasteiger partial charge in [-0.25, -0.2) is 4.79 Å². The van der Waals surface area contributed by atoms with Gasteiger partial charge in [-0.1, -0.05) is 75.4 Å². The van der Waals surface area contributed by atoms with Gasteiger partial charge in [-0.05, 0) is 30.5 Å². The zero-order valence-corrected chi connectivity index (χ0v) is 24.9. The van der Waals surface area contributed by atoms with Crippen LogP contribution in [0.4, 0.5) is 0 Å². The average Bonchev–Trinajstić information content (AvgIpc) is 3.65. The van der Waals surface area contributed by atoms with Crippen molar-refractivity contribution in [2.75, 3.05) is 6.61 Å². The molecule has 6 aliphatic rings. The van der Waals surface area contributed by atoms with Gasteiger partial charge < -0.3 is 39.0 Å². The molecule has 232 valence electrons. The number of carbonyl (C=O) groups excluding carboxylic acids is 2. The lowest BCUT2D eigenvalue weighted by atomic mass is 9.52. The summed E-state index contributed by atoms with van der Waals surface area (Å²) in [5.41, 5.74) is -5.68. The molecule has 3 N–H and O–H groups in total. The fraction of sp³-hybridized carbons (Fsp3) is 0.529. The first-order valence-electron chi connectivity index (χ1n) is 15.3. The Bertz CT molecular complexity index is 1580. The van der Waals surface area contributed by atoms with Crippen molar-refractivity contribution in [3.63, 3.8) is 0 Å². The Hall–Kier alpha value is -2.96. The molecule has 3 saturated heterocycles. The van der Waals surface area contributed by atoms with Crippen molar-refractivity contribution < 1.29 is 48.6 Å². The van der Waals surface area contributed by atoms with Crippen LogP contribution < -0.4 is 0 Å². The van der Waals surface area contributed by atoms with Gasteiger partial charge in [-0.2, -0.15) is 0 Å². The van der Waals surface area contributed by atoms with Crippen LogP contribution in [0.5, 0.6) is 0 Å². The zero-order chi connectivity index (χ0) is 31.0. The number of epoxide rings is 1. The van der Waals surface area contributed by atoms with Crippen LogP contribution in [-0.2, 0) is 34.5 Å². The third-order valence-corrected chi connectivity index (χ3v) is 11.4. The minimum Gasteiger partial charge on any atom is -0.455 e. The Kier molecular flexibility index (Phi) is 5.73. The molecule has 3 aliphatic heterocycles. The summed E-state index contributed by atoms with van der Waals surface area (Å²) in [5, 5.41) is 34.9. The summed E-state index contributed by atoms with van der Waals surface area (Å²) in [6.45, 7) is 6.74. The monoisotopic (exact) mass is 604 g/mol. The lowest BCUT2D eigenvalue weighted by molar-refractivity contribution is -0.440. The highest BCUT2D eigenvalue weighted by Gasteiger charge is 2.90. The number of fused-ring (bicyclic) bond motifs is 3. The van der Waals surface area contributed by atoms with E-state index in [4.69, 9.17) is 23.7 Å². The van der Waals surface area contributed by atoms with Crippen molar-refractivity contribution in [3.8, 4) is 0 Å². The van der Waals surface area contributed by atoms with E-state index in [9.17, 15) is 24.9 Å². The van der Waals surface area contributed by atoms with E-state index in [1.165, 1.54) is 0 Å². The summed E-state index contributed by atoms with van der Waals surface area (Å²) < 4.78 is 33.7. The van der Waals surface area contributed by atoms with E-state index in [0.29, 0.717) is 11.1 Å². The number of ether oxygens (including phenoxy) is 5. The number of Topliss-reactive ketones (excluding diaryl/α,β-unsaturated/α-hetero) is 1. The van der Waals surface area contributed by atoms with Crippen LogP contribution in [0.15, 0.2) is 72.3 Å². The Labute approximate surface area is 254 Å². The topological polar surface area (TPSA) is 144 Å². The van der Waals surface area contributed by atoms with Crippen molar-refractivity contribution in [2.24, 2.45) is 23.7 Å². The van der Waals surface area contributed by atoms with Gasteiger partial charge in [0.05, 0.1) is 17.8 Å². The summed E-state index contributed by atoms with van der Waals surface area (Å²) in [5.74, 6) is -5.90. The van der Waals surface area contributed by atoms with Crippen molar-refractivity contribution in [2.45, 2.75) is 80.5 Å². The van der Waals surface area contributed by atoms with Gasteiger partial charge in [0.1, 0.15) is 35.6 Å². The largest absolute Gasteiger partial charge is 0.455 e. The molecule has 4 unspecified atom stereocenters. The Morgan fingerprint density at radius 1 is 1.00 bits per heavy atom. The standard InChI is InChI=1S/C34H36O10/c1-17(2)32-25(40-28(37)20-11-7-5-8-12-20)19(4)33-22-15-18(3)24(36)31(22,39)29(38)30(16-35)26(41-30)23(33)27(32)42-34(43-32,44-33)21-13-9-6-10-14-21/h5-15,17,19,22-23,25-27,29,35,38-39H,16H2,1-4H3/t19-,22?,23?,25-,26+,27?,29-,30+,31-,32+,33?,34-/m1/s1. The smallest absolute Gasteiger partial charge is 0.338 e. The normalized spacial score (nSPS) is 47.9. The minimum atomic E-state index is -2.40. The number of hydrogen-bond donors (Lipinski definition) is 3. The molecule has 0 radical (unpaired) electrons. The molecule has 0 amide bonds. The summed E-state index contributed by atoms with van der Waals surface area (Å²) in [7, 11) is 0. The van der Waals surface area contributed by atoms with E-state index < -0.39 is 88.9 Å². The maximum Gasteiger partial charge on any atom is 0.338 e. The first-order valence-corrected chi connectivity index (χ1v) is 15.3. The van der Waals surface area contributed by atoms with E-state index in [0.717, 1.165) is 0 Å². The molecule has 5 fully saturated rings. The number of benzene rings is 2. The van der Waals surface area contributed by atoms with E-state index >= 15 is 0 Å². The molecular formula is C34H36O10. The molecule has 3 bridgehead atoms. The molecule has 0 aromatic heterocycles. The van der Waals surface area contributed by atoms with Crippen molar-refractivity contribution in [1.82, 2.24) is 0 Å². The van der Waals surface area contributed by atoms with Crippen molar-refractivity contribution in [1.29, 1.82) is 0 Å². The second kappa shape index (κ2) is 8.85. The fourth-order valence-electron chi connectivity index (χ4n) is 9.32.